The van der Waals surface area contributed by atoms with Gasteiger partial charge in [-0.3, -0.25) is 0 Å². The fourth-order valence-electron chi connectivity index (χ4n) is 3.29. The predicted molar refractivity (Wildman–Crippen MR) is 70.7 cm³/mol. The summed E-state index contributed by atoms with van der Waals surface area (Å²) in [4.78, 5) is 4.53. The van der Waals surface area contributed by atoms with Crippen molar-refractivity contribution in [3.8, 4) is 0 Å². The second-order valence-corrected chi connectivity index (χ2v) is 6.07. The zero-order valence-electron chi connectivity index (χ0n) is 11.5. The normalized spacial score (nSPS) is 25.8. The summed E-state index contributed by atoms with van der Waals surface area (Å²) in [6.07, 6.45) is 9.43. The molecule has 1 heterocycles. The summed E-state index contributed by atoms with van der Waals surface area (Å²) >= 11 is 0. The van der Waals surface area contributed by atoms with Gasteiger partial charge in [0, 0.05) is 13.2 Å². The number of nitrogens with one attached hydrogen (secondary N) is 1. The van der Waals surface area contributed by atoms with Crippen LogP contribution in [0.15, 0.2) is 12.5 Å². The van der Waals surface area contributed by atoms with Gasteiger partial charge in [0.05, 0.1) is 18.1 Å². The number of aromatic nitrogens is 2. The van der Waals surface area contributed by atoms with Gasteiger partial charge >= 0.3 is 0 Å². The first-order valence-corrected chi connectivity index (χ1v) is 6.70. The van der Waals surface area contributed by atoms with Crippen molar-refractivity contribution in [2.45, 2.75) is 45.6 Å². The second-order valence-electron chi connectivity index (χ2n) is 6.07. The Balaban J connectivity index is 2.22. The minimum atomic E-state index is 0.395. The Kier molecular flexibility index (Phi) is 3.57. The van der Waals surface area contributed by atoms with Gasteiger partial charge in [0.25, 0.3) is 0 Å². The molecule has 1 fully saturated rings. The molecule has 3 heteroatoms. The maximum atomic E-state index is 4.53. The maximum Gasteiger partial charge on any atom is 0.0947 e. The molecular weight excluding hydrogens is 210 g/mol. The van der Waals surface area contributed by atoms with Gasteiger partial charge in [-0.1, -0.05) is 26.7 Å². The maximum absolute atomic E-state index is 4.53. The van der Waals surface area contributed by atoms with Crippen LogP contribution in [0.4, 0.5) is 0 Å². The third kappa shape index (κ3) is 2.54. The van der Waals surface area contributed by atoms with Crippen LogP contribution in [-0.2, 0) is 7.05 Å². The molecule has 0 saturated heterocycles. The Labute approximate surface area is 105 Å². The minimum Gasteiger partial charge on any atom is -0.340 e. The molecule has 1 aliphatic rings. The molecule has 2 atom stereocenters. The Bertz CT molecular complexity index is 367. The lowest BCUT2D eigenvalue weighted by molar-refractivity contribution is 0.0998. The molecule has 2 unspecified atom stereocenters. The summed E-state index contributed by atoms with van der Waals surface area (Å²) in [5.41, 5.74) is 1.61. The quantitative estimate of drug-likeness (QED) is 0.873. The van der Waals surface area contributed by atoms with Gasteiger partial charge in [-0.25, -0.2) is 4.98 Å². The van der Waals surface area contributed by atoms with Crippen molar-refractivity contribution in [2.75, 3.05) is 7.05 Å². The lowest BCUT2D eigenvalue weighted by Crippen LogP contribution is -2.38. The van der Waals surface area contributed by atoms with Crippen LogP contribution in [0, 0.1) is 11.3 Å². The highest BCUT2D eigenvalue weighted by atomic mass is 15.0. The monoisotopic (exact) mass is 235 g/mol. The number of aryl methyl sites for hydroxylation is 1. The van der Waals surface area contributed by atoms with Gasteiger partial charge in [-0.2, -0.15) is 0 Å². The molecule has 17 heavy (non-hydrogen) atoms. The summed E-state index contributed by atoms with van der Waals surface area (Å²) in [5.74, 6) is 0.691. The number of hydrogen-bond acceptors (Lipinski definition) is 2. The first-order valence-electron chi connectivity index (χ1n) is 6.70. The lowest BCUT2D eigenvalue weighted by Gasteiger charge is -2.42. The van der Waals surface area contributed by atoms with Crippen molar-refractivity contribution in [1.29, 1.82) is 0 Å². The summed E-state index contributed by atoms with van der Waals surface area (Å²) in [7, 11) is 4.10. The number of rotatable bonds is 3. The molecule has 2 rings (SSSR count). The largest absolute Gasteiger partial charge is 0.340 e. The molecule has 0 aromatic carbocycles. The van der Waals surface area contributed by atoms with E-state index in [-0.39, 0.29) is 0 Å². The Hall–Kier alpha value is -0.830. The van der Waals surface area contributed by atoms with Crippen LogP contribution in [-0.4, -0.2) is 16.6 Å². The van der Waals surface area contributed by atoms with Crippen LogP contribution in [0.2, 0.25) is 0 Å². The zero-order valence-corrected chi connectivity index (χ0v) is 11.5. The summed E-state index contributed by atoms with van der Waals surface area (Å²) in [6, 6.07) is 0.395. The second kappa shape index (κ2) is 4.81. The third-order valence-electron chi connectivity index (χ3n) is 4.35. The molecule has 1 aliphatic carbocycles. The smallest absolute Gasteiger partial charge is 0.0947 e. The lowest BCUT2D eigenvalue weighted by atomic mass is 9.65. The van der Waals surface area contributed by atoms with Crippen molar-refractivity contribution in [2.24, 2.45) is 18.4 Å². The number of hydrogen-bond donors (Lipinski definition) is 1. The average molecular weight is 235 g/mol. The number of nitrogens with zero attached hydrogens (tertiary/aromatic N) is 2. The molecule has 96 valence electrons. The van der Waals surface area contributed by atoms with Crippen molar-refractivity contribution in [1.82, 2.24) is 14.9 Å². The van der Waals surface area contributed by atoms with Crippen LogP contribution in [0.5, 0.6) is 0 Å². The van der Waals surface area contributed by atoms with E-state index in [1.807, 2.05) is 17.9 Å². The average Bonchev–Trinajstić information content (AvgIpc) is 2.68. The third-order valence-corrected chi connectivity index (χ3v) is 4.35. The van der Waals surface area contributed by atoms with E-state index >= 15 is 0 Å². The van der Waals surface area contributed by atoms with Gasteiger partial charge < -0.3 is 9.88 Å². The Morgan fingerprint density at radius 1 is 1.47 bits per heavy atom. The molecule has 0 amide bonds. The zero-order chi connectivity index (χ0) is 12.5. The van der Waals surface area contributed by atoms with E-state index in [4.69, 9.17) is 0 Å². The van der Waals surface area contributed by atoms with Crippen LogP contribution in [0.3, 0.4) is 0 Å². The topological polar surface area (TPSA) is 29.9 Å². The molecule has 0 bridgehead atoms. The van der Waals surface area contributed by atoms with Crippen molar-refractivity contribution in [3.63, 3.8) is 0 Å². The highest BCUT2D eigenvalue weighted by Crippen LogP contribution is 2.46. The molecule has 1 N–H and O–H groups in total. The van der Waals surface area contributed by atoms with Crippen LogP contribution >= 0.6 is 0 Å². The van der Waals surface area contributed by atoms with Crippen molar-refractivity contribution in [3.05, 3.63) is 18.2 Å². The highest BCUT2D eigenvalue weighted by Gasteiger charge is 2.38. The van der Waals surface area contributed by atoms with Gasteiger partial charge in [0.15, 0.2) is 0 Å². The van der Waals surface area contributed by atoms with E-state index in [2.05, 4.69) is 37.4 Å². The summed E-state index contributed by atoms with van der Waals surface area (Å²) in [5, 5.41) is 3.48. The molecule has 0 aliphatic heterocycles. The minimum absolute atomic E-state index is 0.395. The molecule has 1 aromatic heterocycles. The SMILES string of the molecule is CNC(c1cn(C)cn1)C1CCCCC1(C)C. The van der Waals surface area contributed by atoms with Gasteiger partial charge in [0.2, 0.25) is 0 Å². The summed E-state index contributed by atoms with van der Waals surface area (Å²) in [6.45, 7) is 4.81. The van der Waals surface area contributed by atoms with E-state index in [0.29, 0.717) is 17.4 Å². The first kappa shape index (κ1) is 12.6. The molecule has 1 saturated carbocycles. The van der Waals surface area contributed by atoms with Crippen LogP contribution < -0.4 is 5.32 Å². The highest BCUT2D eigenvalue weighted by molar-refractivity contribution is 5.08. The van der Waals surface area contributed by atoms with Crippen molar-refractivity contribution >= 4 is 0 Å². The van der Waals surface area contributed by atoms with E-state index in [1.54, 1.807) is 0 Å². The van der Waals surface area contributed by atoms with Gasteiger partial charge in [-0.05, 0) is 31.2 Å². The Morgan fingerprint density at radius 3 is 2.76 bits per heavy atom. The van der Waals surface area contributed by atoms with Gasteiger partial charge in [-0.15, -0.1) is 0 Å². The van der Waals surface area contributed by atoms with E-state index in [1.165, 1.54) is 31.4 Å². The van der Waals surface area contributed by atoms with E-state index in [0.717, 1.165) is 0 Å². The fourth-order valence-corrected chi connectivity index (χ4v) is 3.29. The molecule has 0 radical (unpaired) electrons. The summed E-state index contributed by atoms with van der Waals surface area (Å²) < 4.78 is 2.04. The molecule has 0 spiro atoms. The van der Waals surface area contributed by atoms with Gasteiger partial charge in [0.1, 0.15) is 0 Å². The van der Waals surface area contributed by atoms with Crippen molar-refractivity contribution < 1.29 is 0 Å². The van der Waals surface area contributed by atoms with E-state index < -0.39 is 0 Å². The van der Waals surface area contributed by atoms with E-state index in [9.17, 15) is 0 Å². The van der Waals surface area contributed by atoms with Crippen LogP contribution in [0.1, 0.15) is 51.3 Å². The molecule has 1 aromatic rings. The molecular formula is C14H25N3. The standard InChI is InChI=1S/C14H25N3/c1-14(2)8-6-5-7-11(14)13(15-3)12-9-17(4)10-16-12/h9-11,13,15H,5-8H2,1-4H3. The predicted octanol–water partition coefficient (Wildman–Crippen LogP) is 2.90. The fraction of sp³-hybridized carbons (Fsp3) is 0.786. The first-order chi connectivity index (χ1) is 8.04. The molecule has 3 nitrogen and oxygen atoms in total. The van der Waals surface area contributed by atoms with Crippen LogP contribution in [0.25, 0.3) is 0 Å². The number of imidazole rings is 1. The Morgan fingerprint density at radius 2 is 2.24 bits per heavy atom.